The maximum absolute atomic E-state index is 6.12. The first kappa shape index (κ1) is 12.5. The quantitative estimate of drug-likeness (QED) is 0.792. The van der Waals surface area contributed by atoms with Gasteiger partial charge in [0.2, 0.25) is 6.29 Å². The van der Waals surface area contributed by atoms with Gasteiger partial charge in [0.15, 0.2) is 0 Å². The first-order valence-electron chi connectivity index (χ1n) is 5.02. The number of aromatic nitrogens is 1. The Kier molecular flexibility index (Phi) is 4.12. The van der Waals surface area contributed by atoms with Crippen LogP contribution in [0.25, 0.3) is 10.6 Å². The van der Waals surface area contributed by atoms with Crippen LogP contribution in [-0.2, 0) is 9.47 Å². The molecule has 0 aliphatic rings. The zero-order valence-electron chi connectivity index (χ0n) is 9.51. The van der Waals surface area contributed by atoms with Crippen molar-refractivity contribution in [2.75, 3.05) is 14.2 Å². The molecular formula is C12H12ClNO2S. The fraction of sp³-hybridized carbons (Fsp3) is 0.250. The molecule has 0 amide bonds. The number of ether oxygens (including phenoxy) is 2. The number of thiazole rings is 1. The molecular weight excluding hydrogens is 258 g/mol. The van der Waals surface area contributed by atoms with Crippen LogP contribution in [-0.4, -0.2) is 19.2 Å². The van der Waals surface area contributed by atoms with Gasteiger partial charge in [0.25, 0.3) is 0 Å². The third-order valence-corrected chi connectivity index (χ3v) is 3.52. The van der Waals surface area contributed by atoms with Crippen molar-refractivity contribution in [1.82, 2.24) is 4.98 Å². The van der Waals surface area contributed by atoms with Crippen molar-refractivity contribution in [3.63, 3.8) is 0 Å². The number of hydrogen-bond acceptors (Lipinski definition) is 4. The Balaban J connectivity index is 2.33. The first-order valence-corrected chi connectivity index (χ1v) is 6.28. The Labute approximate surface area is 109 Å². The average Bonchev–Trinajstić information content (AvgIpc) is 2.81. The molecule has 0 aliphatic carbocycles. The molecule has 0 fully saturated rings. The van der Waals surface area contributed by atoms with E-state index in [2.05, 4.69) is 4.98 Å². The van der Waals surface area contributed by atoms with Crippen LogP contribution in [0.5, 0.6) is 0 Å². The molecule has 0 radical (unpaired) electrons. The predicted octanol–water partition coefficient (Wildman–Crippen LogP) is 3.75. The minimum Gasteiger partial charge on any atom is -0.350 e. The molecule has 0 atom stereocenters. The monoisotopic (exact) mass is 269 g/mol. The van der Waals surface area contributed by atoms with Crippen LogP contribution in [0, 0.1) is 0 Å². The third kappa shape index (κ3) is 2.66. The van der Waals surface area contributed by atoms with Gasteiger partial charge in [-0.05, 0) is 6.07 Å². The van der Waals surface area contributed by atoms with Crippen LogP contribution in [0.2, 0.25) is 5.02 Å². The van der Waals surface area contributed by atoms with E-state index in [1.807, 2.05) is 29.6 Å². The van der Waals surface area contributed by atoms with Crippen molar-refractivity contribution < 1.29 is 9.47 Å². The summed E-state index contributed by atoms with van der Waals surface area (Å²) < 4.78 is 10.3. The second kappa shape index (κ2) is 5.60. The number of methoxy groups -OCH3 is 2. The molecule has 90 valence electrons. The standard InChI is InChI=1S/C12H12ClNO2S/c1-15-12(16-2)10-7-17-11(14-10)8-5-3-4-6-9(8)13/h3-7,12H,1-2H3. The highest BCUT2D eigenvalue weighted by atomic mass is 35.5. The van der Waals surface area contributed by atoms with Gasteiger partial charge in [0.05, 0.1) is 5.02 Å². The van der Waals surface area contributed by atoms with Gasteiger partial charge < -0.3 is 9.47 Å². The molecule has 17 heavy (non-hydrogen) atoms. The zero-order chi connectivity index (χ0) is 12.3. The summed E-state index contributed by atoms with van der Waals surface area (Å²) in [6, 6.07) is 7.63. The maximum Gasteiger partial charge on any atom is 0.201 e. The van der Waals surface area contributed by atoms with Gasteiger partial charge in [0, 0.05) is 25.2 Å². The van der Waals surface area contributed by atoms with Crippen molar-refractivity contribution in [1.29, 1.82) is 0 Å². The Bertz CT molecular complexity index is 497. The summed E-state index contributed by atoms with van der Waals surface area (Å²) in [5.74, 6) is 0. The normalized spacial score (nSPS) is 11.1. The lowest BCUT2D eigenvalue weighted by Gasteiger charge is -2.09. The minimum absolute atomic E-state index is 0.428. The summed E-state index contributed by atoms with van der Waals surface area (Å²) in [5.41, 5.74) is 1.69. The summed E-state index contributed by atoms with van der Waals surface area (Å²) in [4.78, 5) is 4.47. The van der Waals surface area contributed by atoms with Crippen molar-refractivity contribution in [3.8, 4) is 10.6 Å². The number of benzene rings is 1. The second-order valence-electron chi connectivity index (χ2n) is 3.36. The summed E-state index contributed by atoms with van der Waals surface area (Å²) in [7, 11) is 3.17. The fourth-order valence-electron chi connectivity index (χ4n) is 1.49. The van der Waals surface area contributed by atoms with E-state index in [0.29, 0.717) is 5.02 Å². The van der Waals surface area contributed by atoms with E-state index >= 15 is 0 Å². The molecule has 0 spiro atoms. The van der Waals surface area contributed by atoms with Gasteiger partial charge in [-0.3, -0.25) is 0 Å². The molecule has 2 rings (SSSR count). The molecule has 5 heteroatoms. The van der Waals surface area contributed by atoms with Crippen LogP contribution in [0.4, 0.5) is 0 Å². The van der Waals surface area contributed by atoms with E-state index < -0.39 is 6.29 Å². The maximum atomic E-state index is 6.12. The van der Waals surface area contributed by atoms with Crippen molar-refractivity contribution in [2.24, 2.45) is 0 Å². The van der Waals surface area contributed by atoms with Gasteiger partial charge in [-0.15, -0.1) is 11.3 Å². The number of halogens is 1. The highest BCUT2D eigenvalue weighted by Crippen LogP contribution is 2.32. The summed E-state index contributed by atoms with van der Waals surface area (Å²) >= 11 is 7.64. The smallest absolute Gasteiger partial charge is 0.201 e. The number of hydrogen-bond donors (Lipinski definition) is 0. The average molecular weight is 270 g/mol. The highest BCUT2D eigenvalue weighted by molar-refractivity contribution is 7.13. The van der Waals surface area contributed by atoms with Gasteiger partial charge in [-0.2, -0.15) is 0 Å². The molecule has 0 unspecified atom stereocenters. The second-order valence-corrected chi connectivity index (χ2v) is 4.63. The van der Waals surface area contributed by atoms with E-state index in [4.69, 9.17) is 21.1 Å². The van der Waals surface area contributed by atoms with Crippen LogP contribution >= 0.6 is 22.9 Å². The summed E-state index contributed by atoms with van der Waals surface area (Å²) in [6.45, 7) is 0. The van der Waals surface area contributed by atoms with Crippen molar-refractivity contribution in [3.05, 3.63) is 40.4 Å². The molecule has 1 aromatic heterocycles. The van der Waals surface area contributed by atoms with Crippen molar-refractivity contribution in [2.45, 2.75) is 6.29 Å². The molecule has 2 aromatic rings. The molecule has 0 saturated carbocycles. The van der Waals surface area contributed by atoms with Gasteiger partial charge in [-0.1, -0.05) is 29.8 Å². The Morgan fingerprint density at radius 3 is 2.59 bits per heavy atom. The highest BCUT2D eigenvalue weighted by Gasteiger charge is 2.15. The lowest BCUT2D eigenvalue weighted by Crippen LogP contribution is -2.03. The van der Waals surface area contributed by atoms with Crippen molar-refractivity contribution >= 4 is 22.9 Å². The van der Waals surface area contributed by atoms with E-state index in [9.17, 15) is 0 Å². The van der Waals surface area contributed by atoms with Gasteiger partial charge in [-0.25, -0.2) is 4.98 Å². The summed E-state index contributed by atoms with van der Waals surface area (Å²) in [6.07, 6.45) is -0.428. The fourth-order valence-corrected chi connectivity index (χ4v) is 2.63. The first-order chi connectivity index (χ1) is 8.26. The Morgan fingerprint density at radius 2 is 1.94 bits per heavy atom. The van der Waals surface area contributed by atoms with E-state index in [-0.39, 0.29) is 0 Å². The van der Waals surface area contributed by atoms with Gasteiger partial charge >= 0.3 is 0 Å². The minimum atomic E-state index is -0.428. The molecule has 0 N–H and O–H groups in total. The van der Waals surface area contributed by atoms with Crippen LogP contribution in [0.3, 0.4) is 0 Å². The number of nitrogens with zero attached hydrogens (tertiary/aromatic N) is 1. The van der Waals surface area contributed by atoms with Crippen LogP contribution in [0.1, 0.15) is 12.0 Å². The molecule has 0 aliphatic heterocycles. The molecule has 1 heterocycles. The van der Waals surface area contributed by atoms with Gasteiger partial charge in [0.1, 0.15) is 10.7 Å². The zero-order valence-corrected chi connectivity index (χ0v) is 11.1. The molecule has 3 nitrogen and oxygen atoms in total. The topological polar surface area (TPSA) is 31.4 Å². The Hall–Kier alpha value is -0.940. The lowest BCUT2D eigenvalue weighted by molar-refractivity contribution is -0.108. The largest absolute Gasteiger partial charge is 0.350 e. The number of rotatable bonds is 4. The van der Waals surface area contributed by atoms with Crippen LogP contribution < -0.4 is 0 Å². The van der Waals surface area contributed by atoms with E-state index in [0.717, 1.165) is 16.3 Å². The van der Waals surface area contributed by atoms with E-state index in [1.165, 1.54) is 11.3 Å². The predicted molar refractivity (Wildman–Crippen MR) is 69.3 cm³/mol. The SMILES string of the molecule is COC(OC)c1csc(-c2ccccc2Cl)n1. The molecule has 1 aromatic carbocycles. The molecule has 0 saturated heterocycles. The lowest BCUT2D eigenvalue weighted by atomic mass is 10.2. The molecule has 0 bridgehead atoms. The third-order valence-electron chi connectivity index (χ3n) is 2.30. The Morgan fingerprint density at radius 1 is 1.24 bits per heavy atom. The van der Waals surface area contributed by atoms with Crippen LogP contribution in [0.15, 0.2) is 29.6 Å². The summed E-state index contributed by atoms with van der Waals surface area (Å²) in [5, 5.41) is 3.47. The van der Waals surface area contributed by atoms with E-state index in [1.54, 1.807) is 14.2 Å².